The van der Waals surface area contributed by atoms with Gasteiger partial charge in [0, 0.05) is 18.4 Å². The van der Waals surface area contributed by atoms with E-state index in [9.17, 15) is 4.79 Å². The van der Waals surface area contributed by atoms with Crippen LogP contribution in [-0.2, 0) is 11.3 Å². The van der Waals surface area contributed by atoms with Gasteiger partial charge in [0.15, 0.2) is 0 Å². The first-order valence-electron chi connectivity index (χ1n) is 6.31. The normalized spacial score (nSPS) is 18.9. The van der Waals surface area contributed by atoms with E-state index in [0.717, 1.165) is 36.8 Å². The highest BCUT2D eigenvalue weighted by Crippen LogP contribution is 2.21. The van der Waals surface area contributed by atoms with E-state index in [2.05, 4.69) is 15.9 Å². The minimum absolute atomic E-state index is 0.184. The number of rotatable bonds is 4. The first-order valence-corrected chi connectivity index (χ1v) is 7.43. The van der Waals surface area contributed by atoms with Crippen LogP contribution in [0.2, 0.25) is 0 Å². The van der Waals surface area contributed by atoms with Crippen LogP contribution in [0.15, 0.2) is 30.3 Å². The number of carbonyl (C=O) groups is 1. The number of hydrogen-bond acceptors (Lipinski definition) is 2. The molecule has 1 amide bonds. The number of likely N-dealkylation sites (tertiary alicyclic amines) is 1. The molecule has 18 heavy (non-hydrogen) atoms. The van der Waals surface area contributed by atoms with Gasteiger partial charge >= 0.3 is 6.09 Å². The van der Waals surface area contributed by atoms with E-state index in [1.54, 1.807) is 0 Å². The number of amides is 1. The average molecular weight is 312 g/mol. The highest BCUT2D eigenvalue weighted by molar-refractivity contribution is 9.09. The van der Waals surface area contributed by atoms with Crippen molar-refractivity contribution in [1.29, 1.82) is 0 Å². The largest absolute Gasteiger partial charge is 0.445 e. The predicted molar refractivity (Wildman–Crippen MR) is 74.7 cm³/mol. The first-order chi connectivity index (χ1) is 8.79. The van der Waals surface area contributed by atoms with Crippen molar-refractivity contribution in [3.63, 3.8) is 0 Å². The Morgan fingerprint density at radius 1 is 1.39 bits per heavy atom. The van der Waals surface area contributed by atoms with Crippen LogP contribution in [0.25, 0.3) is 0 Å². The lowest BCUT2D eigenvalue weighted by molar-refractivity contribution is 0.103. The Labute approximate surface area is 116 Å². The Kier molecular flexibility index (Phi) is 5.05. The molecular weight excluding hydrogens is 294 g/mol. The van der Waals surface area contributed by atoms with Crippen LogP contribution in [-0.4, -0.2) is 29.4 Å². The third-order valence-electron chi connectivity index (χ3n) is 3.27. The van der Waals surface area contributed by atoms with Crippen molar-refractivity contribution in [1.82, 2.24) is 4.90 Å². The van der Waals surface area contributed by atoms with Gasteiger partial charge in [-0.2, -0.15) is 0 Å². The van der Waals surface area contributed by atoms with Gasteiger partial charge in [-0.3, -0.25) is 0 Å². The van der Waals surface area contributed by atoms with Crippen molar-refractivity contribution in [2.75, 3.05) is 18.4 Å². The number of ether oxygens (including phenoxy) is 1. The Bertz CT molecular complexity index is 383. The Morgan fingerprint density at radius 3 is 2.89 bits per heavy atom. The molecule has 2 rings (SSSR count). The second kappa shape index (κ2) is 6.78. The van der Waals surface area contributed by atoms with Crippen LogP contribution in [0.5, 0.6) is 0 Å². The number of benzene rings is 1. The van der Waals surface area contributed by atoms with Crippen molar-refractivity contribution in [2.24, 2.45) is 5.92 Å². The molecule has 0 aliphatic carbocycles. The number of hydrogen-bond donors (Lipinski definition) is 0. The summed E-state index contributed by atoms with van der Waals surface area (Å²) in [4.78, 5) is 13.7. The van der Waals surface area contributed by atoms with E-state index in [-0.39, 0.29) is 6.09 Å². The molecule has 0 bridgehead atoms. The van der Waals surface area contributed by atoms with Gasteiger partial charge in [-0.05, 0) is 24.3 Å². The molecule has 0 saturated carbocycles. The molecule has 0 aromatic heterocycles. The molecule has 4 heteroatoms. The van der Waals surface area contributed by atoms with E-state index in [4.69, 9.17) is 4.74 Å². The maximum absolute atomic E-state index is 11.9. The van der Waals surface area contributed by atoms with Gasteiger partial charge in [-0.1, -0.05) is 46.3 Å². The zero-order chi connectivity index (χ0) is 12.8. The van der Waals surface area contributed by atoms with Gasteiger partial charge < -0.3 is 9.64 Å². The van der Waals surface area contributed by atoms with Crippen molar-refractivity contribution in [2.45, 2.75) is 19.4 Å². The number of carbonyl (C=O) groups excluding carboxylic acids is 1. The van der Waals surface area contributed by atoms with Gasteiger partial charge in [-0.25, -0.2) is 4.79 Å². The van der Waals surface area contributed by atoms with E-state index in [1.165, 1.54) is 0 Å². The SMILES string of the molecule is O=C(OCc1ccccc1)N1CCC(CCBr)C1. The third-order valence-corrected chi connectivity index (χ3v) is 3.72. The molecule has 1 aliphatic heterocycles. The molecular formula is C14H18BrNO2. The molecule has 1 saturated heterocycles. The summed E-state index contributed by atoms with van der Waals surface area (Å²) in [6, 6.07) is 9.78. The fraction of sp³-hybridized carbons (Fsp3) is 0.500. The number of nitrogens with zero attached hydrogens (tertiary/aromatic N) is 1. The van der Waals surface area contributed by atoms with E-state index in [1.807, 2.05) is 35.2 Å². The summed E-state index contributed by atoms with van der Waals surface area (Å²) in [6.45, 7) is 2.02. The quantitative estimate of drug-likeness (QED) is 0.797. The number of alkyl halides is 1. The molecule has 1 heterocycles. The highest BCUT2D eigenvalue weighted by Gasteiger charge is 2.26. The second-order valence-corrected chi connectivity index (χ2v) is 5.41. The molecule has 0 N–H and O–H groups in total. The molecule has 3 nitrogen and oxygen atoms in total. The summed E-state index contributed by atoms with van der Waals surface area (Å²) < 4.78 is 5.31. The maximum Gasteiger partial charge on any atom is 0.410 e. The summed E-state index contributed by atoms with van der Waals surface area (Å²) in [5, 5.41) is 1.00. The molecule has 1 aromatic rings. The van der Waals surface area contributed by atoms with E-state index < -0.39 is 0 Å². The lowest BCUT2D eigenvalue weighted by atomic mass is 10.1. The molecule has 1 unspecified atom stereocenters. The van der Waals surface area contributed by atoms with Gasteiger partial charge in [0.2, 0.25) is 0 Å². The number of halogens is 1. The molecule has 1 aliphatic rings. The van der Waals surface area contributed by atoms with Crippen LogP contribution in [0.1, 0.15) is 18.4 Å². The Balaban J connectivity index is 1.76. The van der Waals surface area contributed by atoms with Gasteiger partial charge in [-0.15, -0.1) is 0 Å². The summed E-state index contributed by atoms with van der Waals surface area (Å²) >= 11 is 3.44. The third kappa shape index (κ3) is 3.73. The lowest BCUT2D eigenvalue weighted by Crippen LogP contribution is -2.29. The predicted octanol–water partition coefficient (Wildman–Crippen LogP) is 3.43. The molecule has 0 spiro atoms. The van der Waals surface area contributed by atoms with Crippen LogP contribution < -0.4 is 0 Å². The zero-order valence-corrected chi connectivity index (χ0v) is 11.9. The van der Waals surface area contributed by atoms with E-state index in [0.29, 0.717) is 12.5 Å². The van der Waals surface area contributed by atoms with Crippen LogP contribution >= 0.6 is 15.9 Å². The Morgan fingerprint density at radius 2 is 2.17 bits per heavy atom. The summed E-state index contributed by atoms with van der Waals surface area (Å²) in [5.74, 6) is 0.619. The molecule has 1 fully saturated rings. The van der Waals surface area contributed by atoms with Crippen molar-refractivity contribution < 1.29 is 9.53 Å². The molecule has 98 valence electrons. The van der Waals surface area contributed by atoms with Crippen molar-refractivity contribution in [3.05, 3.63) is 35.9 Å². The minimum atomic E-state index is -0.184. The maximum atomic E-state index is 11.9. The Hall–Kier alpha value is -1.03. The fourth-order valence-electron chi connectivity index (χ4n) is 2.20. The molecule has 1 atom stereocenters. The van der Waals surface area contributed by atoms with Crippen LogP contribution in [0.4, 0.5) is 4.79 Å². The van der Waals surface area contributed by atoms with Crippen LogP contribution in [0, 0.1) is 5.92 Å². The smallest absolute Gasteiger partial charge is 0.410 e. The fourth-order valence-corrected chi connectivity index (χ4v) is 2.85. The summed E-state index contributed by atoms with van der Waals surface area (Å²) in [7, 11) is 0. The highest BCUT2D eigenvalue weighted by atomic mass is 79.9. The summed E-state index contributed by atoms with van der Waals surface area (Å²) in [6.07, 6.45) is 2.03. The second-order valence-electron chi connectivity index (χ2n) is 4.62. The zero-order valence-electron chi connectivity index (χ0n) is 10.3. The van der Waals surface area contributed by atoms with Crippen molar-refractivity contribution >= 4 is 22.0 Å². The minimum Gasteiger partial charge on any atom is -0.445 e. The molecule has 0 radical (unpaired) electrons. The van der Waals surface area contributed by atoms with Gasteiger partial charge in [0.05, 0.1) is 0 Å². The van der Waals surface area contributed by atoms with Crippen LogP contribution in [0.3, 0.4) is 0 Å². The average Bonchev–Trinajstić information content (AvgIpc) is 2.86. The molecule has 1 aromatic carbocycles. The standard InChI is InChI=1S/C14H18BrNO2/c15-8-6-12-7-9-16(10-12)14(17)18-11-13-4-2-1-3-5-13/h1-5,12H,6-11H2. The monoisotopic (exact) mass is 311 g/mol. The van der Waals surface area contributed by atoms with Gasteiger partial charge in [0.25, 0.3) is 0 Å². The first kappa shape index (κ1) is 13.4. The summed E-state index contributed by atoms with van der Waals surface area (Å²) in [5.41, 5.74) is 1.03. The lowest BCUT2D eigenvalue weighted by Gasteiger charge is -2.16. The topological polar surface area (TPSA) is 29.5 Å². The van der Waals surface area contributed by atoms with Crippen molar-refractivity contribution in [3.8, 4) is 0 Å². The van der Waals surface area contributed by atoms with E-state index >= 15 is 0 Å². The van der Waals surface area contributed by atoms with Gasteiger partial charge in [0.1, 0.15) is 6.61 Å².